The molecule has 9 heteroatoms. The number of hydrogen-bond donors (Lipinski definition) is 0. The van der Waals surface area contributed by atoms with Gasteiger partial charge in [-0.25, -0.2) is 4.98 Å². The van der Waals surface area contributed by atoms with Crippen LogP contribution in [-0.4, -0.2) is 32.2 Å². The predicted molar refractivity (Wildman–Crippen MR) is 81.7 cm³/mol. The van der Waals surface area contributed by atoms with Gasteiger partial charge in [0.05, 0.1) is 6.04 Å². The maximum Gasteiger partial charge on any atom is 0.435 e. The van der Waals surface area contributed by atoms with Gasteiger partial charge in [0.2, 0.25) is 5.13 Å². The third-order valence-corrected chi connectivity index (χ3v) is 4.68. The van der Waals surface area contributed by atoms with E-state index < -0.39 is 11.9 Å². The average molecular weight is 345 g/mol. The van der Waals surface area contributed by atoms with Crippen molar-refractivity contribution in [3.8, 4) is 0 Å². The highest BCUT2D eigenvalue weighted by molar-refractivity contribution is 7.09. The summed E-state index contributed by atoms with van der Waals surface area (Å²) in [5, 5.41) is 4.53. The van der Waals surface area contributed by atoms with E-state index in [-0.39, 0.29) is 12.0 Å². The Hall–Kier alpha value is -1.64. The van der Waals surface area contributed by atoms with Crippen LogP contribution in [0, 0.1) is 0 Å². The first kappa shape index (κ1) is 16.2. The molecule has 23 heavy (non-hydrogen) atoms. The maximum atomic E-state index is 12.7. The summed E-state index contributed by atoms with van der Waals surface area (Å²) >= 11 is 1.35. The van der Waals surface area contributed by atoms with Crippen molar-refractivity contribution in [2.24, 2.45) is 0 Å². The Morgan fingerprint density at radius 1 is 1.35 bits per heavy atom. The van der Waals surface area contributed by atoms with Gasteiger partial charge in [-0.1, -0.05) is 13.8 Å². The summed E-state index contributed by atoms with van der Waals surface area (Å²) in [4.78, 5) is 6.62. The second-order valence-corrected chi connectivity index (χ2v) is 6.74. The number of alkyl halides is 3. The van der Waals surface area contributed by atoms with Crippen molar-refractivity contribution in [3.05, 3.63) is 23.8 Å². The Bertz CT molecular complexity index is 663. The Morgan fingerprint density at radius 2 is 2.13 bits per heavy atom. The molecule has 0 N–H and O–H groups in total. The largest absolute Gasteiger partial charge is 0.435 e. The zero-order valence-electron chi connectivity index (χ0n) is 12.9. The van der Waals surface area contributed by atoms with Gasteiger partial charge in [-0.15, -0.1) is 0 Å². The van der Waals surface area contributed by atoms with E-state index in [1.807, 2.05) is 13.8 Å². The molecular weight excluding hydrogens is 327 g/mol. The lowest BCUT2D eigenvalue weighted by atomic mass is 10.1. The SMILES string of the molecule is CC(C)c1nsc(N2CCCC(n3ccc(C(F)(F)F)n3)C2)n1. The first-order chi connectivity index (χ1) is 10.8. The number of rotatable bonds is 3. The fraction of sp³-hybridized carbons (Fsp3) is 0.643. The zero-order chi connectivity index (χ0) is 16.6. The lowest BCUT2D eigenvalue weighted by molar-refractivity contribution is -0.141. The van der Waals surface area contributed by atoms with E-state index in [9.17, 15) is 13.2 Å². The zero-order valence-corrected chi connectivity index (χ0v) is 13.7. The summed E-state index contributed by atoms with van der Waals surface area (Å²) in [6, 6.07) is 0.951. The van der Waals surface area contributed by atoms with Crippen molar-refractivity contribution in [1.29, 1.82) is 0 Å². The van der Waals surface area contributed by atoms with Crippen molar-refractivity contribution in [3.63, 3.8) is 0 Å². The molecule has 3 rings (SSSR count). The van der Waals surface area contributed by atoms with Crippen LogP contribution in [0.25, 0.3) is 0 Å². The molecule has 5 nitrogen and oxygen atoms in total. The average Bonchev–Trinajstić information content (AvgIpc) is 3.16. The van der Waals surface area contributed by atoms with Crippen LogP contribution in [0.15, 0.2) is 12.3 Å². The van der Waals surface area contributed by atoms with E-state index >= 15 is 0 Å². The number of anilines is 1. The topological polar surface area (TPSA) is 46.8 Å². The van der Waals surface area contributed by atoms with Crippen LogP contribution < -0.4 is 4.90 Å². The van der Waals surface area contributed by atoms with Crippen LogP contribution in [-0.2, 0) is 6.18 Å². The molecule has 1 fully saturated rings. The minimum atomic E-state index is -4.40. The second-order valence-electron chi connectivity index (χ2n) is 6.01. The van der Waals surface area contributed by atoms with Crippen LogP contribution in [0.4, 0.5) is 18.3 Å². The highest BCUT2D eigenvalue weighted by atomic mass is 32.1. The molecule has 126 valence electrons. The highest BCUT2D eigenvalue weighted by Gasteiger charge is 2.34. The Balaban J connectivity index is 1.74. The molecule has 1 atom stereocenters. The number of piperidine rings is 1. The normalized spacial score (nSPS) is 19.6. The quantitative estimate of drug-likeness (QED) is 0.851. The van der Waals surface area contributed by atoms with Gasteiger partial charge in [0.25, 0.3) is 0 Å². The van der Waals surface area contributed by atoms with Gasteiger partial charge in [-0.05, 0) is 18.9 Å². The first-order valence-electron chi connectivity index (χ1n) is 7.55. The summed E-state index contributed by atoms with van der Waals surface area (Å²) in [6.45, 7) is 5.52. The molecule has 1 aliphatic heterocycles. The fourth-order valence-electron chi connectivity index (χ4n) is 2.63. The monoisotopic (exact) mass is 345 g/mol. The van der Waals surface area contributed by atoms with E-state index in [0.29, 0.717) is 6.54 Å². The number of nitrogens with zero attached hydrogens (tertiary/aromatic N) is 5. The number of aromatic nitrogens is 4. The van der Waals surface area contributed by atoms with Crippen molar-refractivity contribution in [2.45, 2.75) is 44.8 Å². The third-order valence-electron chi connectivity index (χ3n) is 3.89. The van der Waals surface area contributed by atoms with Crippen molar-refractivity contribution in [1.82, 2.24) is 19.1 Å². The van der Waals surface area contributed by atoms with Crippen molar-refractivity contribution < 1.29 is 13.2 Å². The minimum Gasteiger partial charge on any atom is -0.345 e. The molecule has 2 aromatic rings. The molecule has 2 aromatic heterocycles. The summed E-state index contributed by atoms with van der Waals surface area (Å²) in [6.07, 6.45) is -1.28. The van der Waals surface area contributed by atoms with Gasteiger partial charge in [0.15, 0.2) is 5.69 Å². The predicted octanol–water partition coefficient (Wildman–Crippen LogP) is 3.72. The van der Waals surface area contributed by atoms with Crippen LogP contribution in [0.5, 0.6) is 0 Å². The second kappa shape index (κ2) is 6.10. The van der Waals surface area contributed by atoms with Gasteiger partial charge >= 0.3 is 6.18 Å². The van der Waals surface area contributed by atoms with Crippen LogP contribution >= 0.6 is 11.5 Å². The van der Waals surface area contributed by atoms with Crippen molar-refractivity contribution >= 4 is 16.7 Å². The molecule has 3 heterocycles. The molecule has 0 spiro atoms. The molecule has 0 amide bonds. The van der Waals surface area contributed by atoms with Crippen molar-refractivity contribution in [2.75, 3.05) is 18.0 Å². The molecule has 1 unspecified atom stereocenters. The Morgan fingerprint density at radius 3 is 2.74 bits per heavy atom. The van der Waals surface area contributed by atoms with Gasteiger partial charge in [-0.3, -0.25) is 4.68 Å². The Labute approximate surface area is 136 Å². The molecule has 0 saturated carbocycles. The van der Waals surface area contributed by atoms with E-state index in [4.69, 9.17) is 0 Å². The summed E-state index contributed by atoms with van der Waals surface area (Å²) in [5.41, 5.74) is -0.840. The summed E-state index contributed by atoms with van der Waals surface area (Å²) < 4.78 is 43.8. The van der Waals surface area contributed by atoms with Gasteiger partial charge in [0, 0.05) is 36.7 Å². The standard InChI is InChI=1S/C14H18F3N5S/c1-9(2)12-18-13(23-20-12)21-6-3-4-10(8-21)22-7-5-11(19-22)14(15,16)17/h5,7,9-10H,3-4,6,8H2,1-2H3. The minimum absolute atomic E-state index is 0.0775. The van der Waals surface area contributed by atoms with Gasteiger partial charge in [0.1, 0.15) is 5.82 Å². The van der Waals surface area contributed by atoms with E-state index in [1.165, 1.54) is 22.4 Å². The van der Waals surface area contributed by atoms with Gasteiger partial charge < -0.3 is 4.90 Å². The summed E-state index contributed by atoms with van der Waals surface area (Å²) in [5.74, 6) is 1.08. The Kier molecular flexibility index (Phi) is 4.31. The molecule has 0 bridgehead atoms. The van der Waals surface area contributed by atoms with E-state index in [0.717, 1.165) is 36.4 Å². The third kappa shape index (κ3) is 3.49. The highest BCUT2D eigenvalue weighted by Crippen LogP contribution is 2.31. The molecule has 1 aliphatic rings. The lowest BCUT2D eigenvalue weighted by Crippen LogP contribution is -2.36. The van der Waals surface area contributed by atoms with Crippen LogP contribution in [0.1, 0.15) is 50.2 Å². The van der Waals surface area contributed by atoms with E-state index in [1.54, 1.807) is 0 Å². The molecular formula is C14H18F3N5S. The van der Waals surface area contributed by atoms with Crippen LogP contribution in [0.3, 0.4) is 0 Å². The first-order valence-corrected chi connectivity index (χ1v) is 8.33. The van der Waals surface area contributed by atoms with E-state index in [2.05, 4.69) is 19.4 Å². The molecule has 0 aliphatic carbocycles. The lowest BCUT2D eigenvalue weighted by Gasteiger charge is -2.32. The molecule has 0 aromatic carbocycles. The van der Waals surface area contributed by atoms with Crippen LogP contribution in [0.2, 0.25) is 0 Å². The molecule has 0 radical (unpaired) electrons. The smallest absolute Gasteiger partial charge is 0.345 e. The summed E-state index contributed by atoms with van der Waals surface area (Å²) in [7, 11) is 0. The number of halogens is 3. The molecule has 1 saturated heterocycles. The fourth-order valence-corrected chi connectivity index (χ4v) is 3.47. The maximum absolute atomic E-state index is 12.7. The van der Waals surface area contributed by atoms with Gasteiger partial charge in [-0.2, -0.15) is 22.6 Å². The number of hydrogen-bond acceptors (Lipinski definition) is 5.